The number of benzene rings is 2. The first kappa shape index (κ1) is 11.8. The molecule has 1 aromatic heterocycles. The number of H-pyrrole nitrogens is 1. The molecule has 0 radical (unpaired) electrons. The lowest BCUT2D eigenvalue weighted by molar-refractivity contribution is 0.302. The van der Waals surface area contributed by atoms with Gasteiger partial charge in [-0.05, 0) is 43.3 Å². The van der Waals surface area contributed by atoms with Gasteiger partial charge in [0.2, 0.25) is 0 Å². The van der Waals surface area contributed by atoms with Crippen LogP contribution in [0.2, 0.25) is 0 Å². The van der Waals surface area contributed by atoms with Crippen molar-refractivity contribution in [3.05, 3.63) is 65.6 Å². The van der Waals surface area contributed by atoms with Crippen molar-refractivity contribution in [3.63, 3.8) is 0 Å². The summed E-state index contributed by atoms with van der Waals surface area (Å²) in [4.78, 5) is 3.21. The van der Waals surface area contributed by atoms with Crippen LogP contribution in [-0.4, -0.2) is 4.98 Å². The third-order valence-corrected chi connectivity index (χ3v) is 3.05. The van der Waals surface area contributed by atoms with Gasteiger partial charge in [-0.1, -0.05) is 17.7 Å². The van der Waals surface area contributed by atoms with Gasteiger partial charge in [-0.15, -0.1) is 0 Å². The van der Waals surface area contributed by atoms with Crippen molar-refractivity contribution < 1.29 is 9.13 Å². The lowest BCUT2D eigenvalue weighted by Crippen LogP contribution is -1.95. The second kappa shape index (κ2) is 4.76. The number of aromatic amines is 1. The molecule has 1 N–H and O–H groups in total. The summed E-state index contributed by atoms with van der Waals surface area (Å²) in [5, 5.41) is 0.863. The molecule has 1 heterocycles. The van der Waals surface area contributed by atoms with Gasteiger partial charge in [-0.2, -0.15) is 0 Å². The number of fused-ring (bicyclic) bond motifs is 1. The third kappa shape index (κ3) is 2.60. The van der Waals surface area contributed by atoms with Gasteiger partial charge >= 0.3 is 0 Å². The maximum atomic E-state index is 13.1. The van der Waals surface area contributed by atoms with Gasteiger partial charge in [0.1, 0.15) is 18.2 Å². The van der Waals surface area contributed by atoms with Gasteiger partial charge in [0.25, 0.3) is 0 Å². The number of hydrogen-bond acceptors (Lipinski definition) is 1. The highest BCUT2D eigenvalue weighted by atomic mass is 19.1. The number of rotatable bonds is 3. The Labute approximate surface area is 110 Å². The number of aryl methyl sites for hydroxylation is 1. The highest BCUT2D eigenvalue weighted by molar-refractivity contribution is 5.80. The molecule has 0 aliphatic heterocycles. The van der Waals surface area contributed by atoms with Crippen LogP contribution in [0.4, 0.5) is 4.39 Å². The fourth-order valence-corrected chi connectivity index (χ4v) is 2.04. The second-order valence-electron chi connectivity index (χ2n) is 4.63. The predicted molar refractivity (Wildman–Crippen MR) is 73.8 cm³/mol. The monoisotopic (exact) mass is 255 g/mol. The van der Waals surface area contributed by atoms with Gasteiger partial charge in [-0.3, -0.25) is 0 Å². The summed E-state index contributed by atoms with van der Waals surface area (Å²) in [5.41, 5.74) is 3.05. The molecular formula is C16H14FNO. The minimum atomic E-state index is -0.225. The molecule has 0 amide bonds. The summed E-state index contributed by atoms with van der Waals surface area (Å²) in [6.07, 6.45) is 0. The van der Waals surface area contributed by atoms with Crippen molar-refractivity contribution in [3.8, 4) is 5.75 Å². The summed E-state index contributed by atoms with van der Waals surface area (Å²) in [6.45, 7) is 2.48. The first-order chi connectivity index (χ1) is 9.20. The van der Waals surface area contributed by atoms with Crippen LogP contribution in [0.5, 0.6) is 5.75 Å². The first-order valence-corrected chi connectivity index (χ1v) is 6.17. The highest BCUT2D eigenvalue weighted by Crippen LogP contribution is 2.18. The Hall–Kier alpha value is -2.29. The lowest BCUT2D eigenvalue weighted by Gasteiger charge is -2.04. The van der Waals surface area contributed by atoms with Gasteiger partial charge in [0.15, 0.2) is 0 Å². The fraction of sp³-hybridized carbons (Fsp3) is 0.125. The van der Waals surface area contributed by atoms with E-state index in [1.165, 1.54) is 17.7 Å². The molecule has 2 nitrogen and oxygen atoms in total. The number of halogens is 1. The van der Waals surface area contributed by atoms with Crippen LogP contribution in [0.25, 0.3) is 10.9 Å². The number of ether oxygens (including phenoxy) is 1. The van der Waals surface area contributed by atoms with Gasteiger partial charge in [-0.25, -0.2) is 4.39 Å². The topological polar surface area (TPSA) is 25.0 Å². The van der Waals surface area contributed by atoms with Crippen LogP contribution in [0.3, 0.4) is 0 Å². The molecule has 0 atom stereocenters. The Morgan fingerprint density at radius 1 is 1.05 bits per heavy atom. The molecule has 0 aliphatic carbocycles. The molecule has 3 aromatic rings. The van der Waals surface area contributed by atoms with E-state index in [4.69, 9.17) is 4.74 Å². The van der Waals surface area contributed by atoms with E-state index in [0.717, 1.165) is 22.3 Å². The molecule has 3 rings (SSSR count). The summed E-state index contributed by atoms with van der Waals surface area (Å²) >= 11 is 0. The summed E-state index contributed by atoms with van der Waals surface area (Å²) in [5.74, 6) is 0.605. The van der Waals surface area contributed by atoms with Crippen LogP contribution in [0, 0.1) is 12.7 Å². The second-order valence-corrected chi connectivity index (χ2v) is 4.63. The summed E-state index contributed by atoms with van der Waals surface area (Å²) < 4.78 is 18.8. The van der Waals surface area contributed by atoms with E-state index in [-0.39, 0.29) is 5.82 Å². The van der Waals surface area contributed by atoms with Crippen LogP contribution in [0.1, 0.15) is 11.3 Å². The van der Waals surface area contributed by atoms with Crippen molar-refractivity contribution in [1.82, 2.24) is 4.98 Å². The SMILES string of the molecule is Cc1ccc(OCc2cc3cc(F)ccc3[nH]2)cc1. The van der Waals surface area contributed by atoms with Crippen LogP contribution in [0.15, 0.2) is 48.5 Å². The van der Waals surface area contributed by atoms with E-state index in [2.05, 4.69) is 4.98 Å². The Kier molecular flexibility index (Phi) is 2.95. The zero-order chi connectivity index (χ0) is 13.2. The molecule has 0 unspecified atom stereocenters. The number of aromatic nitrogens is 1. The molecule has 2 aromatic carbocycles. The molecule has 0 bridgehead atoms. The van der Waals surface area contributed by atoms with E-state index < -0.39 is 0 Å². The standard InChI is InChI=1S/C16H14FNO/c1-11-2-5-15(6-3-11)19-10-14-9-12-8-13(17)4-7-16(12)18-14/h2-9,18H,10H2,1H3. The lowest BCUT2D eigenvalue weighted by atomic mass is 10.2. The molecule has 0 aliphatic rings. The maximum absolute atomic E-state index is 13.1. The van der Waals surface area contributed by atoms with Crippen molar-refractivity contribution >= 4 is 10.9 Å². The van der Waals surface area contributed by atoms with E-state index in [0.29, 0.717) is 6.61 Å². The predicted octanol–water partition coefficient (Wildman–Crippen LogP) is 4.19. The molecular weight excluding hydrogens is 241 g/mol. The molecule has 0 spiro atoms. The third-order valence-electron chi connectivity index (χ3n) is 3.05. The van der Waals surface area contributed by atoms with Crippen molar-refractivity contribution in [2.75, 3.05) is 0 Å². The van der Waals surface area contributed by atoms with E-state index >= 15 is 0 Å². The van der Waals surface area contributed by atoms with Crippen molar-refractivity contribution in [2.45, 2.75) is 13.5 Å². The average molecular weight is 255 g/mol. The van der Waals surface area contributed by atoms with Gasteiger partial charge in [0, 0.05) is 10.9 Å². The van der Waals surface area contributed by atoms with Crippen LogP contribution >= 0.6 is 0 Å². The summed E-state index contributed by atoms with van der Waals surface area (Å²) in [6, 6.07) is 14.5. The fourth-order valence-electron chi connectivity index (χ4n) is 2.04. The minimum Gasteiger partial charge on any atom is -0.487 e. The van der Waals surface area contributed by atoms with Gasteiger partial charge in [0.05, 0.1) is 5.69 Å². The molecule has 96 valence electrons. The van der Waals surface area contributed by atoms with Crippen LogP contribution in [-0.2, 0) is 6.61 Å². The van der Waals surface area contributed by atoms with Crippen molar-refractivity contribution in [1.29, 1.82) is 0 Å². The smallest absolute Gasteiger partial charge is 0.128 e. The molecule has 19 heavy (non-hydrogen) atoms. The number of nitrogens with one attached hydrogen (secondary N) is 1. The molecule has 0 saturated carbocycles. The van der Waals surface area contributed by atoms with E-state index in [9.17, 15) is 4.39 Å². The zero-order valence-electron chi connectivity index (χ0n) is 10.6. The Morgan fingerprint density at radius 2 is 1.84 bits per heavy atom. The Bertz CT molecular complexity index is 700. The van der Waals surface area contributed by atoms with Crippen LogP contribution < -0.4 is 4.74 Å². The quantitative estimate of drug-likeness (QED) is 0.745. The Balaban J connectivity index is 1.76. The molecule has 3 heteroatoms. The molecule has 0 fully saturated rings. The van der Waals surface area contributed by atoms with E-state index in [1.807, 2.05) is 37.3 Å². The first-order valence-electron chi connectivity index (χ1n) is 6.17. The van der Waals surface area contributed by atoms with Gasteiger partial charge < -0.3 is 9.72 Å². The number of hydrogen-bond donors (Lipinski definition) is 1. The largest absolute Gasteiger partial charge is 0.487 e. The zero-order valence-corrected chi connectivity index (χ0v) is 10.6. The van der Waals surface area contributed by atoms with Crippen molar-refractivity contribution in [2.24, 2.45) is 0 Å². The Morgan fingerprint density at radius 3 is 2.63 bits per heavy atom. The summed E-state index contributed by atoms with van der Waals surface area (Å²) in [7, 11) is 0. The average Bonchev–Trinajstić information content (AvgIpc) is 2.80. The maximum Gasteiger partial charge on any atom is 0.128 e. The molecule has 0 saturated heterocycles. The van der Waals surface area contributed by atoms with E-state index in [1.54, 1.807) is 6.07 Å². The normalized spacial score (nSPS) is 10.8. The highest BCUT2D eigenvalue weighted by Gasteiger charge is 2.03. The minimum absolute atomic E-state index is 0.225.